The summed E-state index contributed by atoms with van der Waals surface area (Å²) in [6.45, 7) is 2.61. The van der Waals surface area contributed by atoms with Crippen molar-refractivity contribution in [2.24, 2.45) is 5.92 Å². The summed E-state index contributed by atoms with van der Waals surface area (Å²) in [7, 11) is -3.59. The van der Waals surface area contributed by atoms with Crippen LogP contribution >= 0.6 is 11.3 Å². The standard InChI is InChI=1S/C9H16N4O3S2/c1-7-10-11-9(17-7)12-18(15,16)13-4-2-3-8(5-13)6-14/h8,14H,2-6H2,1H3,(H,11,12). The quantitative estimate of drug-likeness (QED) is 0.827. The number of hydrogen-bond donors (Lipinski definition) is 2. The zero-order chi connectivity index (χ0) is 13.2. The number of aliphatic hydroxyl groups excluding tert-OH is 1. The summed E-state index contributed by atoms with van der Waals surface area (Å²) in [5, 5.41) is 17.6. The predicted octanol–water partition coefficient (Wildman–Crippen LogP) is 0.208. The van der Waals surface area contributed by atoms with Crippen LogP contribution in [0.1, 0.15) is 17.8 Å². The van der Waals surface area contributed by atoms with E-state index < -0.39 is 10.2 Å². The topological polar surface area (TPSA) is 95.4 Å². The number of nitrogens with zero attached hydrogens (tertiary/aromatic N) is 3. The van der Waals surface area contributed by atoms with Gasteiger partial charge in [-0.05, 0) is 25.7 Å². The molecular weight excluding hydrogens is 276 g/mol. The summed E-state index contributed by atoms with van der Waals surface area (Å²) < 4.78 is 28.0. The molecule has 0 saturated carbocycles. The van der Waals surface area contributed by atoms with E-state index in [1.165, 1.54) is 15.6 Å². The monoisotopic (exact) mass is 292 g/mol. The molecule has 0 spiro atoms. The molecule has 0 aliphatic carbocycles. The normalized spacial score (nSPS) is 22.0. The van der Waals surface area contributed by atoms with E-state index in [0.717, 1.165) is 12.8 Å². The van der Waals surface area contributed by atoms with Gasteiger partial charge in [0.15, 0.2) is 0 Å². The lowest BCUT2D eigenvalue weighted by Crippen LogP contribution is -2.43. The zero-order valence-corrected chi connectivity index (χ0v) is 11.7. The molecule has 1 atom stereocenters. The second kappa shape index (κ2) is 5.47. The van der Waals surface area contributed by atoms with Crippen LogP contribution in [0.2, 0.25) is 0 Å². The molecule has 1 aliphatic rings. The number of aliphatic hydroxyl groups is 1. The summed E-state index contributed by atoms with van der Waals surface area (Å²) >= 11 is 1.20. The molecule has 2 rings (SSSR count). The van der Waals surface area contributed by atoms with Crippen LogP contribution in [0.25, 0.3) is 0 Å². The third kappa shape index (κ3) is 3.16. The summed E-state index contributed by atoms with van der Waals surface area (Å²) in [5.74, 6) is 0.0199. The Hall–Kier alpha value is -0.770. The van der Waals surface area contributed by atoms with Gasteiger partial charge in [0.1, 0.15) is 5.01 Å². The second-order valence-corrected chi connectivity index (χ2v) is 7.13. The molecule has 18 heavy (non-hydrogen) atoms. The molecule has 1 saturated heterocycles. The van der Waals surface area contributed by atoms with Gasteiger partial charge in [0.2, 0.25) is 5.13 Å². The number of aryl methyl sites for hydroxylation is 1. The smallest absolute Gasteiger partial charge is 0.303 e. The number of piperidine rings is 1. The maximum atomic E-state index is 12.1. The fraction of sp³-hybridized carbons (Fsp3) is 0.778. The Balaban J connectivity index is 2.06. The van der Waals surface area contributed by atoms with Crippen molar-refractivity contribution in [1.29, 1.82) is 0 Å². The Kier molecular flexibility index (Phi) is 4.15. The lowest BCUT2D eigenvalue weighted by atomic mass is 10.0. The minimum Gasteiger partial charge on any atom is -0.396 e. The number of aromatic nitrogens is 2. The Labute approximate surface area is 110 Å². The number of anilines is 1. The van der Waals surface area contributed by atoms with Gasteiger partial charge >= 0.3 is 10.2 Å². The Morgan fingerprint density at radius 2 is 2.33 bits per heavy atom. The highest BCUT2D eigenvalue weighted by molar-refractivity contribution is 7.90. The van der Waals surface area contributed by atoms with Crippen LogP contribution in [-0.4, -0.2) is 47.7 Å². The van der Waals surface area contributed by atoms with E-state index in [4.69, 9.17) is 5.11 Å². The fourth-order valence-corrected chi connectivity index (χ4v) is 4.00. The van der Waals surface area contributed by atoms with Gasteiger partial charge in [-0.3, -0.25) is 0 Å². The van der Waals surface area contributed by atoms with Crippen molar-refractivity contribution >= 4 is 26.7 Å². The molecule has 2 heterocycles. The van der Waals surface area contributed by atoms with Crippen LogP contribution < -0.4 is 4.72 Å². The van der Waals surface area contributed by atoms with Crippen LogP contribution in [0.15, 0.2) is 0 Å². The lowest BCUT2D eigenvalue weighted by molar-refractivity contribution is 0.166. The highest BCUT2D eigenvalue weighted by Crippen LogP contribution is 2.21. The summed E-state index contributed by atoms with van der Waals surface area (Å²) in [5.41, 5.74) is 0. The number of nitrogens with one attached hydrogen (secondary N) is 1. The first kappa shape index (κ1) is 13.7. The van der Waals surface area contributed by atoms with E-state index >= 15 is 0 Å². The van der Waals surface area contributed by atoms with Crippen LogP contribution in [0.3, 0.4) is 0 Å². The van der Waals surface area contributed by atoms with E-state index in [9.17, 15) is 8.42 Å². The zero-order valence-electron chi connectivity index (χ0n) is 10.0. The van der Waals surface area contributed by atoms with Crippen molar-refractivity contribution in [2.75, 3.05) is 24.4 Å². The SMILES string of the molecule is Cc1nnc(NS(=O)(=O)N2CCCC(CO)C2)s1. The predicted molar refractivity (Wildman–Crippen MR) is 68.6 cm³/mol. The minimum atomic E-state index is -3.59. The van der Waals surface area contributed by atoms with Gasteiger partial charge in [0, 0.05) is 19.7 Å². The Morgan fingerprint density at radius 1 is 1.56 bits per heavy atom. The van der Waals surface area contributed by atoms with E-state index in [0.29, 0.717) is 18.1 Å². The fourth-order valence-electron chi connectivity index (χ4n) is 1.91. The van der Waals surface area contributed by atoms with E-state index in [2.05, 4.69) is 14.9 Å². The molecular formula is C9H16N4O3S2. The molecule has 1 aromatic rings. The molecule has 1 unspecified atom stereocenters. The van der Waals surface area contributed by atoms with Gasteiger partial charge < -0.3 is 5.11 Å². The summed E-state index contributed by atoms with van der Waals surface area (Å²) in [6, 6.07) is 0. The van der Waals surface area contributed by atoms with Crippen LogP contribution in [0, 0.1) is 12.8 Å². The highest BCUT2D eigenvalue weighted by Gasteiger charge is 2.29. The van der Waals surface area contributed by atoms with Crippen molar-refractivity contribution in [3.63, 3.8) is 0 Å². The van der Waals surface area contributed by atoms with Crippen molar-refractivity contribution in [3.05, 3.63) is 5.01 Å². The first-order valence-corrected chi connectivity index (χ1v) is 7.96. The number of hydrogen-bond acceptors (Lipinski definition) is 6. The summed E-state index contributed by atoms with van der Waals surface area (Å²) in [6.07, 6.45) is 1.63. The highest BCUT2D eigenvalue weighted by atomic mass is 32.2. The molecule has 0 radical (unpaired) electrons. The van der Waals surface area contributed by atoms with Gasteiger partial charge in [0.05, 0.1) is 0 Å². The van der Waals surface area contributed by atoms with Crippen molar-refractivity contribution < 1.29 is 13.5 Å². The molecule has 0 aromatic carbocycles. The van der Waals surface area contributed by atoms with E-state index in [-0.39, 0.29) is 17.7 Å². The molecule has 7 nitrogen and oxygen atoms in total. The van der Waals surface area contributed by atoms with E-state index in [1.807, 2.05) is 0 Å². The Morgan fingerprint density at radius 3 is 2.94 bits per heavy atom. The van der Waals surface area contributed by atoms with Gasteiger partial charge in [-0.1, -0.05) is 11.3 Å². The maximum absolute atomic E-state index is 12.1. The second-order valence-electron chi connectivity index (χ2n) is 4.28. The largest absolute Gasteiger partial charge is 0.396 e. The van der Waals surface area contributed by atoms with Crippen molar-refractivity contribution in [2.45, 2.75) is 19.8 Å². The molecule has 102 valence electrons. The molecule has 1 aliphatic heterocycles. The molecule has 1 fully saturated rings. The van der Waals surface area contributed by atoms with Crippen LogP contribution in [0.5, 0.6) is 0 Å². The first-order chi connectivity index (χ1) is 8.51. The summed E-state index contributed by atoms with van der Waals surface area (Å²) in [4.78, 5) is 0. The third-order valence-electron chi connectivity index (χ3n) is 2.82. The van der Waals surface area contributed by atoms with Crippen LogP contribution in [-0.2, 0) is 10.2 Å². The minimum absolute atomic E-state index is 0.0178. The van der Waals surface area contributed by atoms with E-state index in [1.54, 1.807) is 6.92 Å². The lowest BCUT2D eigenvalue weighted by Gasteiger charge is -2.30. The van der Waals surface area contributed by atoms with Crippen molar-refractivity contribution in [1.82, 2.24) is 14.5 Å². The Bertz CT molecular complexity index is 502. The van der Waals surface area contributed by atoms with Gasteiger partial charge in [-0.25, -0.2) is 4.72 Å². The van der Waals surface area contributed by atoms with Gasteiger partial charge in [-0.2, -0.15) is 12.7 Å². The third-order valence-corrected chi connectivity index (χ3v) is 5.17. The molecule has 1 aromatic heterocycles. The average Bonchev–Trinajstić information content (AvgIpc) is 2.74. The first-order valence-electron chi connectivity index (χ1n) is 5.70. The number of rotatable bonds is 4. The van der Waals surface area contributed by atoms with Gasteiger partial charge in [0.25, 0.3) is 0 Å². The average molecular weight is 292 g/mol. The molecule has 0 bridgehead atoms. The molecule has 0 amide bonds. The maximum Gasteiger partial charge on any atom is 0.303 e. The molecule has 9 heteroatoms. The van der Waals surface area contributed by atoms with Gasteiger partial charge in [-0.15, -0.1) is 10.2 Å². The molecule has 2 N–H and O–H groups in total. The van der Waals surface area contributed by atoms with Crippen molar-refractivity contribution in [3.8, 4) is 0 Å². The van der Waals surface area contributed by atoms with Crippen LogP contribution in [0.4, 0.5) is 5.13 Å².